The van der Waals surface area contributed by atoms with E-state index in [9.17, 15) is 9.18 Å². The first kappa shape index (κ1) is 14.2. The van der Waals surface area contributed by atoms with Gasteiger partial charge in [-0.15, -0.1) is 0 Å². The Morgan fingerprint density at radius 3 is 2.70 bits per heavy atom. The lowest BCUT2D eigenvalue weighted by Gasteiger charge is -2.08. The molecule has 0 unspecified atom stereocenters. The third-order valence-electron chi connectivity index (χ3n) is 3.02. The zero-order valence-corrected chi connectivity index (χ0v) is 11.2. The summed E-state index contributed by atoms with van der Waals surface area (Å²) < 4.78 is 13.6. The van der Waals surface area contributed by atoms with Gasteiger partial charge in [-0.2, -0.15) is 0 Å². The van der Waals surface area contributed by atoms with E-state index in [1.165, 1.54) is 23.8 Å². The molecule has 3 nitrogen and oxygen atoms in total. The second-order valence-corrected chi connectivity index (χ2v) is 4.70. The Balaban J connectivity index is 2.00. The molecular weight excluding hydrogens is 257 g/mol. The van der Waals surface area contributed by atoms with Crippen molar-refractivity contribution in [2.24, 2.45) is 0 Å². The predicted molar refractivity (Wildman–Crippen MR) is 75.1 cm³/mol. The van der Waals surface area contributed by atoms with Crippen LogP contribution in [0.5, 0.6) is 0 Å². The van der Waals surface area contributed by atoms with Crippen LogP contribution in [0.25, 0.3) is 0 Å². The number of carboxylic acid groups (broad SMARTS) is 1. The predicted octanol–water partition coefficient (Wildman–Crippen LogP) is 3.12. The van der Waals surface area contributed by atoms with Gasteiger partial charge in [-0.05, 0) is 30.7 Å². The maximum atomic E-state index is 13.6. The molecule has 0 atom stereocenters. The summed E-state index contributed by atoms with van der Waals surface area (Å²) in [6, 6.07) is 11.8. The molecule has 0 aromatic heterocycles. The topological polar surface area (TPSA) is 49.3 Å². The van der Waals surface area contributed by atoms with Gasteiger partial charge < -0.3 is 10.4 Å². The first-order chi connectivity index (χ1) is 9.56. The van der Waals surface area contributed by atoms with Crippen LogP contribution in [0, 0.1) is 12.7 Å². The molecule has 4 heteroatoms. The van der Waals surface area contributed by atoms with Gasteiger partial charge in [0.1, 0.15) is 5.82 Å². The quantitative estimate of drug-likeness (QED) is 0.880. The lowest BCUT2D eigenvalue weighted by molar-refractivity contribution is 0.0696. The molecule has 0 radical (unpaired) electrons. The Morgan fingerprint density at radius 2 is 2.00 bits per heavy atom. The van der Waals surface area contributed by atoms with E-state index in [1.807, 2.05) is 25.1 Å². The van der Waals surface area contributed by atoms with Gasteiger partial charge in [-0.25, -0.2) is 9.18 Å². The summed E-state index contributed by atoms with van der Waals surface area (Å²) in [6.45, 7) is 2.92. The van der Waals surface area contributed by atoms with Crippen molar-refractivity contribution in [3.05, 3.63) is 70.5 Å². The van der Waals surface area contributed by atoms with Crippen LogP contribution in [-0.4, -0.2) is 11.1 Å². The highest BCUT2D eigenvalue weighted by molar-refractivity contribution is 5.87. The summed E-state index contributed by atoms with van der Waals surface area (Å²) in [4.78, 5) is 10.9. The van der Waals surface area contributed by atoms with Crippen molar-refractivity contribution in [2.45, 2.75) is 20.0 Å². The number of hydrogen-bond donors (Lipinski definition) is 2. The highest BCUT2D eigenvalue weighted by atomic mass is 19.1. The fourth-order valence-corrected chi connectivity index (χ4v) is 2.01. The van der Waals surface area contributed by atoms with Crippen molar-refractivity contribution in [1.82, 2.24) is 5.32 Å². The number of carbonyl (C=O) groups is 1. The van der Waals surface area contributed by atoms with E-state index in [0.29, 0.717) is 18.7 Å². The van der Waals surface area contributed by atoms with E-state index < -0.39 is 11.8 Å². The number of carboxylic acids is 1. The lowest BCUT2D eigenvalue weighted by atomic mass is 10.1. The molecule has 0 bridgehead atoms. The molecule has 0 fully saturated rings. The number of aryl methyl sites for hydroxylation is 1. The van der Waals surface area contributed by atoms with Gasteiger partial charge in [0.2, 0.25) is 0 Å². The molecule has 0 amide bonds. The molecule has 0 aliphatic rings. The first-order valence-corrected chi connectivity index (χ1v) is 6.34. The normalized spacial score (nSPS) is 10.5. The maximum absolute atomic E-state index is 13.6. The van der Waals surface area contributed by atoms with Gasteiger partial charge in [-0.3, -0.25) is 0 Å². The number of nitrogens with one attached hydrogen (secondary N) is 1. The molecule has 0 saturated heterocycles. The number of aromatic carboxylic acids is 1. The Hall–Kier alpha value is -2.20. The zero-order valence-electron chi connectivity index (χ0n) is 11.2. The molecule has 0 saturated carbocycles. The standard InChI is InChI=1S/C16H16FNO2/c1-11-3-2-4-12(7-11)9-18-10-14-8-13(16(19)20)5-6-15(14)17/h2-8,18H,9-10H2,1H3,(H,19,20). The van der Waals surface area contributed by atoms with Gasteiger partial charge in [0.05, 0.1) is 5.56 Å². The molecule has 2 rings (SSSR count). The smallest absolute Gasteiger partial charge is 0.335 e. The molecule has 0 aliphatic heterocycles. The Morgan fingerprint density at radius 1 is 1.20 bits per heavy atom. The molecule has 20 heavy (non-hydrogen) atoms. The minimum atomic E-state index is -1.05. The average molecular weight is 273 g/mol. The van der Waals surface area contributed by atoms with Crippen LogP contribution in [0.2, 0.25) is 0 Å². The van der Waals surface area contributed by atoms with Crippen LogP contribution in [-0.2, 0) is 13.1 Å². The van der Waals surface area contributed by atoms with Crippen molar-refractivity contribution in [2.75, 3.05) is 0 Å². The SMILES string of the molecule is Cc1cccc(CNCc2cc(C(=O)O)ccc2F)c1. The maximum Gasteiger partial charge on any atom is 0.335 e. The van der Waals surface area contributed by atoms with E-state index in [0.717, 1.165) is 5.56 Å². The average Bonchev–Trinajstić information content (AvgIpc) is 2.40. The molecule has 104 valence electrons. The number of rotatable bonds is 5. The van der Waals surface area contributed by atoms with E-state index >= 15 is 0 Å². The van der Waals surface area contributed by atoms with E-state index in [4.69, 9.17) is 5.11 Å². The van der Waals surface area contributed by atoms with Crippen molar-refractivity contribution in [3.63, 3.8) is 0 Å². The number of halogens is 1. The summed E-state index contributed by atoms with van der Waals surface area (Å²) in [6.07, 6.45) is 0. The van der Waals surface area contributed by atoms with Crippen molar-refractivity contribution in [3.8, 4) is 0 Å². The van der Waals surface area contributed by atoms with Crippen LogP contribution in [0.1, 0.15) is 27.0 Å². The van der Waals surface area contributed by atoms with Gasteiger partial charge in [-0.1, -0.05) is 29.8 Å². The highest BCUT2D eigenvalue weighted by Gasteiger charge is 2.08. The van der Waals surface area contributed by atoms with E-state index in [-0.39, 0.29) is 5.56 Å². The molecule has 0 spiro atoms. The Bertz CT molecular complexity index is 626. The summed E-state index contributed by atoms with van der Waals surface area (Å²) in [5.41, 5.74) is 2.74. The van der Waals surface area contributed by atoms with Crippen LogP contribution >= 0.6 is 0 Å². The molecular formula is C16H16FNO2. The van der Waals surface area contributed by atoms with Gasteiger partial charge >= 0.3 is 5.97 Å². The van der Waals surface area contributed by atoms with Gasteiger partial charge in [0.25, 0.3) is 0 Å². The monoisotopic (exact) mass is 273 g/mol. The largest absolute Gasteiger partial charge is 0.478 e. The minimum absolute atomic E-state index is 0.0961. The van der Waals surface area contributed by atoms with Crippen LogP contribution < -0.4 is 5.32 Å². The van der Waals surface area contributed by atoms with Crippen LogP contribution in [0.15, 0.2) is 42.5 Å². The fourth-order valence-electron chi connectivity index (χ4n) is 2.01. The number of benzene rings is 2. The molecule has 0 heterocycles. The molecule has 0 aliphatic carbocycles. The van der Waals surface area contributed by atoms with Crippen molar-refractivity contribution < 1.29 is 14.3 Å². The summed E-state index contributed by atoms with van der Waals surface area (Å²) >= 11 is 0. The number of hydrogen-bond acceptors (Lipinski definition) is 2. The Kier molecular flexibility index (Phi) is 4.48. The van der Waals surface area contributed by atoms with Gasteiger partial charge in [0, 0.05) is 18.7 Å². The van der Waals surface area contributed by atoms with E-state index in [1.54, 1.807) is 0 Å². The molecule has 2 aromatic rings. The minimum Gasteiger partial charge on any atom is -0.478 e. The summed E-state index contributed by atoms with van der Waals surface area (Å²) in [5.74, 6) is -1.45. The van der Waals surface area contributed by atoms with Crippen LogP contribution in [0.4, 0.5) is 4.39 Å². The molecule has 2 aromatic carbocycles. The second-order valence-electron chi connectivity index (χ2n) is 4.70. The van der Waals surface area contributed by atoms with E-state index in [2.05, 4.69) is 11.4 Å². The van der Waals surface area contributed by atoms with Crippen LogP contribution in [0.3, 0.4) is 0 Å². The summed E-state index contributed by atoms with van der Waals surface area (Å²) in [5, 5.41) is 12.0. The zero-order chi connectivity index (χ0) is 14.5. The Labute approximate surface area is 117 Å². The second kappa shape index (κ2) is 6.30. The third-order valence-corrected chi connectivity index (χ3v) is 3.02. The highest BCUT2D eigenvalue weighted by Crippen LogP contribution is 2.11. The van der Waals surface area contributed by atoms with Crippen molar-refractivity contribution >= 4 is 5.97 Å². The molecule has 2 N–H and O–H groups in total. The third kappa shape index (κ3) is 3.65. The summed E-state index contributed by atoms with van der Waals surface area (Å²) in [7, 11) is 0. The first-order valence-electron chi connectivity index (χ1n) is 6.34. The lowest BCUT2D eigenvalue weighted by Crippen LogP contribution is -2.14. The van der Waals surface area contributed by atoms with Gasteiger partial charge in [0.15, 0.2) is 0 Å². The van der Waals surface area contributed by atoms with Crippen molar-refractivity contribution in [1.29, 1.82) is 0 Å². The fraction of sp³-hybridized carbons (Fsp3) is 0.188.